The Kier molecular flexibility index (Phi) is 4.08. The lowest BCUT2D eigenvalue weighted by Gasteiger charge is -2.40. The molecule has 3 rings (SSSR count). The van der Waals surface area contributed by atoms with E-state index in [1.54, 1.807) is 22.2 Å². The van der Waals surface area contributed by atoms with Crippen molar-refractivity contribution in [1.29, 1.82) is 0 Å². The predicted octanol–water partition coefficient (Wildman–Crippen LogP) is 2.60. The van der Waals surface area contributed by atoms with Crippen LogP contribution in [0, 0.1) is 5.92 Å². The molecule has 6 nitrogen and oxygen atoms in total. The molecule has 1 fully saturated rings. The van der Waals surface area contributed by atoms with Gasteiger partial charge in [0.1, 0.15) is 5.60 Å². The summed E-state index contributed by atoms with van der Waals surface area (Å²) in [4.78, 5) is 32.1. The van der Waals surface area contributed by atoms with Gasteiger partial charge in [-0.25, -0.2) is 4.79 Å². The van der Waals surface area contributed by atoms with E-state index in [4.69, 9.17) is 4.74 Å². The van der Waals surface area contributed by atoms with E-state index < -0.39 is 5.60 Å². The van der Waals surface area contributed by atoms with E-state index in [-0.39, 0.29) is 17.9 Å². The number of aromatic nitrogens is 1. The Morgan fingerprint density at radius 1 is 1.30 bits per heavy atom. The van der Waals surface area contributed by atoms with Crippen LogP contribution >= 0.6 is 15.9 Å². The number of carbonyl (C=O) groups is 2. The first-order chi connectivity index (χ1) is 10.8. The lowest BCUT2D eigenvalue weighted by molar-refractivity contribution is -0.126. The molecule has 0 N–H and O–H groups in total. The number of nitrogens with zero attached hydrogens (tertiary/aromatic N) is 3. The number of hydrogen-bond acceptors (Lipinski definition) is 4. The summed E-state index contributed by atoms with van der Waals surface area (Å²) in [7, 11) is 0. The van der Waals surface area contributed by atoms with E-state index in [0.29, 0.717) is 19.6 Å². The topological polar surface area (TPSA) is 62.7 Å². The number of carbonyl (C=O) groups excluding carboxylic acids is 2. The highest BCUT2D eigenvalue weighted by Gasteiger charge is 2.41. The number of ether oxygens (including phenoxy) is 1. The lowest BCUT2D eigenvalue weighted by atomic mass is 9.99. The Labute approximate surface area is 143 Å². The molecule has 0 aromatic carbocycles. The Hall–Kier alpha value is -1.63. The van der Waals surface area contributed by atoms with E-state index in [2.05, 4.69) is 20.9 Å². The van der Waals surface area contributed by atoms with Gasteiger partial charge in [0, 0.05) is 30.3 Å². The van der Waals surface area contributed by atoms with Crippen molar-refractivity contribution in [2.75, 3.05) is 24.5 Å². The highest BCUT2D eigenvalue weighted by molar-refractivity contribution is 9.10. The summed E-state index contributed by atoms with van der Waals surface area (Å²) in [6.07, 6.45) is 3.95. The molecule has 0 unspecified atom stereocenters. The van der Waals surface area contributed by atoms with Gasteiger partial charge in [-0.2, -0.15) is 0 Å². The van der Waals surface area contributed by atoms with E-state index in [0.717, 1.165) is 22.1 Å². The van der Waals surface area contributed by atoms with Gasteiger partial charge in [0.2, 0.25) is 5.91 Å². The van der Waals surface area contributed by atoms with Crippen molar-refractivity contribution in [3.8, 4) is 0 Å². The molecule has 0 atom stereocenters. The SMILES string of the molecule is CC(C)(C)OC(=O)N1CC(C(=O)N2CCc3c(Br)cncc32)C1. The average molecular weight is 382 g/mol. The van der Waals surface area contributed by atoms with Gasteiger partial charge in [0.05, 0.1) is 17.8 Å². The van der Waals surface area contributed by atoms with Crippen molar-refractivity contribution in [2.24, 2.45) is 5.92 Å². The first kappa shape index (κ1) is 16.2. The second-order valence-corrected chi connectivity index (χ2v) is 7.80. The fourth-order valence-electron chi connectivity index (χ4n) is 2.84. The maximum Gasteiger partial charge on any atom is 0.410 e. The minimum atomic E-state index is -0.516. The van der Waals surface area contributed by atoms with Crippen LogP contribution in [0.2, 0.25) is 0 Å². The Morgan fingerprint density at radius 3 is 2.65 bits per heavy atom. The summed E-state index contributed by atoms with van der Waals surface area (Å²) in [5.41, 5.74) is 1.48. The molecular weight excluding hydrogens is 362 g/mol. The van der Waals surface area contributed by atoms with Crippen LogP contribution in [0.3, 0.4) is 0 Å². The number of anilines is 1. The highest BCUT2D eigenvalue weighted by Crippen LogP contribution is 2.34. The maximum absolute atomic E-state index is 12.7. The van der Waals surface area contributed by atoms with E-state index in [1.165, 1.54) is 0 Å². The highest BCUT2D eigenvalue weighted by atomic mass is 79.9. The smallest absolute Gasteiger partial charge is 0.410 e. The normalized spacial score (nSPS) is 17.7. The van der Waals surface area contributed by atoms with Crippen molar-refractivity contribution < 1.29 is 14.3 Å². The summed E-state index contributed by atoms with van der Waals surface area (Å²) in [5.74, 6) is -0.101. The number of likely N-dealkylation sites (tertiary alicyclic amines) is 1. The fraction of sp³-hybridized carbons (Fsp3) is 0.562. The van der Waals surface area contributed by atoms with E-state index in [9.17, 15) is 9.59 Å². The zero-order valence-corrected chi connectivity index (χ0v) is 15.1. The zero-order valence-electron chi connectivity index (χ0n) is 13.5. The van der Waals surface area contributed by atoms with Crippen molar-refractivity contribution in [3.05, 3.63) is 22.4 Å². The van der Waals surface area contributed by atoms with Crippen LogP contribution in [-0.4, -0.2) is 47.1 Å². The molecule has 124 valence electrons. The standard InChI is InChI=1S/C16H20BrN3O3/c1-16(2,3)23-15(22)19-8-10(9-19)14(21)20-5-4-11-12(17)6-18-7-13(11)20/h6-7,10H,4-5,8-9H2,1-3H3. The molecule has 2 aliphatic rings. The van der Waals surface area contributed by atoms with Crippen molar-refractivity contribution in [1.82, 2.24) is 9.88 Å². The Bertz CT molecular complexity index is 650. The molecule has 3 heterocycles. The number of fused-ring (bicyclic) bond motifs is 1. The zero-order chi connectivity index (χ0) is 16.8. The third-order valence-electron chi connectivity index (χ3n) is 4.01. The van der Waals surface area contributed by atoms with Gasteiger partial charge in [-0.1, -0.05) is 0 Å². The van der Waals surface area contributed by atoms with Gasteiger partial charge in [-0.3, -0.25) is 9.78 Å². The largest absolute Gasteiger partial charge is 0.444 e. The van der Waals surface area contributed by atoms with E-state index in [1.807, 2.05) is 20.8 Å². The average Bonchev–Trinajstić information content (AvgIpc) is 2.79. The summed E-state index contributed by atoms with van der Waals surface area (Å²) >= 11 is 3.48. The fourth-order valence-corrected chi connectivity index (χ4v) is 3.35. The summed E-state index contributed by atoms with van der Waals surface area (Å²) < 4.78 is 6.25. The van der Waals surface area contributed by atoms with Crippen LogP contribution in [0.5, 0.6) is 0 Å². The molecule has 1 aromatic rings. The van der Waals surface area contributed by atoms with Crippen LogP contribution in [0.15, 0.2) is 16.9 Å². The number of halogens is 1. The third-order valence-corrected chi connectivity index (χ3v) is 4.69. The second kappa shape index (κ2) is 5.78. The molecule has 7 heteroatoms. The molecule has 1 saturated heterocycles. The summed E-state index contributed by atoms with van der Waals surface area (Å²) in [6.45, 7) is 7.00. The number of amides is 2. The monoisotopic (exact) mass is 381 g/mol. The van der Waals surface area contributed by atoms with Gasteiger partial charge in [0.15, 0.2) is 0 Å². The number of hydrogen-bond donors (Lipinski definition) is 0. The van der Waals surface area contributed by atoms with Gasteiger partial charge >= 0.3 is 6.09 Å². The Morgan fingerprint density at radius 2 is 2.00 bits per heavy atom. The predicted molar refractivity (Wildman–Crippen MR) is 89.3 cm³/mol. The molecule has 1 aromatic heterocycles. The van der Waals surface area contributed by atoms with Crippen LogP contribution < -0.4 is 4.90 Å². The quantitative estimate of drug-likeness (QED) is 0.749. The molecule has 0 bridgehead atoms. The second-order valence-electron chi connectivity index (χ2n) is 6.94. The molecule has 0 radical (unpaired) electrons. The molecule has 2 aliphatic heterocycles. The third kappa shape index (κ3) is 3.20. The molecular formula is C16H20BrN3O3. The molecule has 0 spiro atoms. The van der Waals surface area contributed by atoms with E-state index >= 15 is 0 Å². The number of pyridine rings is 1. The van der Waals surface area contributed by atoms with Crippen LogP contribution in [0.4, 0.5) is 10.5 Å². The van der Waals surface area contributed by atoms with Crippen molar-refractivity contribution >= 4 is 33.6 Å². The first-order valence-corrected chi connectivity index (χ1v) is 8.47. The summed E-state index contributed by atoms with van der Waals surface area (Å²) in [6, 6.07) is 0. The van der Waals surface area contributed by atoms with Crippen LogP contribution in [0.25, 0.3) is 0 Å². The summed E-state index contributed by atoms with van der Waals surface area (Å²) in [5, 5.41) is 0. The van der Waals surface area contributed by atoms with Crippen molar-refractivity contribution in [3.63, 3.8) is 0 Å². The molecule has 0 saturated carbocycles. The van der Waals surface area contributed by atoms with Gasteiger partial charge in [-0.15, -0.1) is 0 Å². The van der Waals surface area contributed by atoms with Gasteiger partial charge in [-0.05, 0) is 48.7 Å². The first-order valence-electron chi connectivity index (χ1n) is 7.68. The van der Waals surface area contributed by atoms with Crippen LogP contribution in [0.1, 0.15) is 26.3 Å². The van der Waals surface area contributed by atoms with Gasteiger partial charge in [0.25, 0.3) is 0 Å². The Balaban J connectivity index is 1.61. The minimum Gasteiger partial charge on any atom is -0.444 e. The van der Waals surface area contributed by atoms with Crippen LogP contribution in [-0.2, 0) is 16.0 Å². The molecule has 0 aliphatic carbocycles. The molecule has 23 heavy (non-hydrogen) atoms. The van der Waals surface area contributed by atoms with Gasteiger partial charge < -0.3 is 14.5 Å². The minimum absolute atomic E-state index is 0.0588. The van der Waals surface area contributed by atoms with Crippen molar-refractivity contribution in [2.45, 2.75) is 32.8 Å². The number of rotatable bonds is 1. The molecule has 2 amide bonds. The lowest BCUT2D eigenvalue weighted by Crippen LogP contribution is -2.57. The maximum atomic E-state index is 12.7.